The topological polar surface area (TPSA) is 63.4 Å². The zero-order valence-electron chi connectivity index (χ0n) is 11.3. The van der Waals surface area contributed by atoms with Crippen LogP contribution in [0.3, 0.4) is 0 Å². The first kappa shape index (κ1) is 14.2. The predicted molar refractivity (Wildman–Crippen MR) is 67.2 cm³/mol. The smallest absolute Gasteiger partial charge is 0.229 e. The monoisotopic (exact) mass is 240 g/mol. The van der Waals surface area contributed by atoms with E-state index in [1.165, 1.54) is 4.90 Å². The first-order chi connectivity index (χ1) is 7.76. The number of carbonyl (C=O) groups is 2. The summed E-state index contributed by atoms with van der Waals surface area (Å²) in [6.45, 7) is 8.38. The van der Waals surface area contributed by atoms with Gasteiger partial charge in [0.2, 0.25) is 11.8 Å². The summed E-state index contributed by atoms with van der Waals surface area (Å²) < 4.78 is 0. The van der Waals surface area contributed by atoms with Crippen molar-refractivity contribution in [1.82, 2.24) is 4.90 Å². The number of carbonyl (C=O) groups excluding carboxylic acids is 2. The molecule has 2 N–H and O–H groups in total. The minimum Gasteiger partial charge on any atom is -0.326 e. The fourth-order valence-corrected chi connectivity index (χ4v) is 2.11. The number of hydrogen-bond donors (Lipinski definition) is 1. The molecule has 1 rings (SSSR count). The Balaban J connectivity index is 2.66. The van der Waals surface area contributed by atoms with E-state index in [1.807, 2.05) is 20.8 Å². The number of nitrogens with two attached hydrogens (primary N) is 1. The lowest BCUT2D eigenvalue weighted by molar-refractivity contribution is -0.152. The molecule has 0 spiro atoms. The average molecular weight is 240 g/mol. The number of amides is 2. The van der Waals surface area contributed by atoms with Crippen LogP contribution in [-0.2, 0) is 9.59 Å². The van der Waals surface area contributed by atoms with Crippen LogP contribution in [0.2, 0.25) is 0 Å². The van der Waals surface area contributed by atoms with E-state index in [1.54, 1.807) is 0 Å². The molecule has 2 unspecified atom stereocenters. The fraction of sp³-hybridized carbons (Fsp3) is 0.846. The Morgan fingerprint density at radius 3 is 2.18 bits per heavy atom. The van der Waals surface area contributed by atoms with Gasteiger partial charge in [0.1, 0.15) is 0 Å². The zero-order chi connectivity index (χ0) is 13.2. The van der Waals surface area contributed by atoms with Crippen LogP contribution >= 0.6 is 0 Å². The minimum absolute atomic E-state index is 0.0787. The van der Waals surface area contributed by atoms with E-state index in [2.05, 4.69) is 6.92 Å². The molecular formula is C13H24N2O2. The molecule has 1 fully saturated rings. The van der Waals surface area contributed by atoms with Gasteiger partial charge in [-0.05, 0) is 11.3 Å². The van der Waals surface area contributed by atoms with Crippen molar-refractivity contribution in [2.75, 3.05) is 6.54 Å². The molecule has 0 aromatic heterocycles. The maximum atomic E-state index is 11.9. The number of piperidine rings is 1. The van der Waals surface area contributed by atoms with Crippen LogP contribution in [0.5, 0.6) is 0 Å². The Hall–Kier alpha value is -0.900. The van der Waals surface area contributed by atoms with Crippen molar-refractivity contribution < 1.29 is 9.59 Å². The highest BCUT2D eigenvalue weighted by Gasteiger charge is 2.38. The summed E-state index contributed by atoms with van der Waals surface area (Å²) in [6.07, 6.45) is 1.83. The second-order valence-electron chi connectivity index (χ2n) is 5.97. The van der Waals surface area contributed by atoms with E-state index in [9.17, 15) is 9.59 Å². The van der Waals surface area contributed by atoms with Gasteiger partial charge in [0, 0.05) is 25.4 Å². The maximum Gasteiger partial charge on any atom is 0.229 e. The van der Waals surface area contributed by atoms with Crippen LogP contribution in [0.4, 0.5) is 0 Å². The molecular weight excluding hydrogens is 216 g/mol. The molecule has 17 heavy (non-hydrogen) atoms. The Bertz CT molecular complexity index is 293. The van der Waals surface area contributed by atoms with E-state index in [-0.39, 0.29) is 23.3 Å². The molecule has 1 saturated heterocycles. The maximum absolute atomic E-state index is 11.9. The molecule has 2 amide bonds. The van der Waals surface area contributed by atoms with Gasteiger partial charge in [0.05, 0.1) is 0 Å². The molecule has 1 heterocycles. The highest BCUT2D eigenvalue weighted by molar-refractivity contribution is 5.98. The van der Waals surface area contributed by atoms with Gasteiger partial charge in [0.15, 0.2) is 0 Å². The largest absolute Gasteiger partial charge is 0.326 e. The quantitative estimate of drug-likeness (QED) is 0.758. The van der Waals surface area contributed by atoms with Crippen molar-refractivity contribution in [2.45, 2.75) is 53.0 Å². The summed E-state index contributed by atoms with van der Waals surface area (Å²) >= 11 is 0. The van der Waals surface area contributed by atoms with Crippen LogP contribution < -0.4 is 5.73 Å². The van der Waals surface area contributed by atoms with Gasteiger partial charge in [-0.3, -0.25) is 14.5 Å². The number of nitrogens with zero attached hydrogens (tertiary/aromatic N) is 1. The number of imide groups is 1. The lowest BCUT2D eigenvalue weighted by Gasteiger charge is -2.36. The Morgan fingerprint density at radius 2 is 1.76 bits per heavy atom. The van der Waals surface area contributed by atoms with E-state index < -0.39 is 0 Å². The number of likely N-dealkylation sites (tertiary alicyclic amines) is 1. The second-order valence-corrected chi connectivity index (χ2v) is 5.97. The van der Waals surface area contributed by atoms with Crippen molar-refractivity contribution >= 4 is 11.8 Å². The SMILES string of the molecule is CCC(C)C(N)CN1C(=O)CC(C)(C)CC1=O. The predicted octanol–water partition coefficient (Wildman–Crippen LogP) is 1.53. The third-order valence-electron chi connectivity index (χ3n) is 3.63. The summed E-state index contributed by atoms with van der Waals surface area (Å²) in [7, 11) is 0. The Morgan fingerprint density at radius 1 is 1.29 bits per heavy atom. The normalized spacial score (nSPS) is 23.7. The Kier molecular flexibility index (Phi) is 4.31. The molecule has 4 heteroatoms. The third-order valence-corrected chi connectivity index (χ3v) is 3.63. The highest BCUT2D eigenvalue weighted by Crippen LogP contribution is 2.31. The first-order valence-electron chi connectivity index (χ1n) is 6.35. The molecule has 1 aliphatic heterocycles. The van der Waals surface area contributed by atoms with Crippen LogP contribution in [0.1, 0.15) is 47.0 Å². The first-order valence-corrected chi connectivity index (χ1v) is 6.35. The molecule has 0 saturated carbocycles. The average Bonchev–Trinajstić information content (AvgIpc) is 2.20. The molecule has 0 bridgehead atoms. The molecule has 0 radical (unpaired) electrons. The van der Waals surface area contributed by atoms with Crippen molar-refractivity contribution in [2.24, 2.45) is 17.1 Å². The second kappa shape index (κ2) is 5.17. The number of rotatable bonds is 4. The molecule has 0 aliphatic carbocycles. The van der Waals surface area contributed by atoms with Gasteiger partial charge in [-0.15, -0.1) is 0 Å². The van der Waals surface area contributed by atoms with Gasteiger partial charge in [-0.2, -0.15) is 0 Å². The highest BCUT2D eigenvalue weighted by atomic mass is 16.2. The lowest BCUT2D eigenvalue weighted by atomic mass is 9.81. The van der Waals surface area contributed by atoms with Crippen molar-refractivity contribution in [3.05, 3.63) is 0 Å². The van der Waals surface area contributed by atoms with Crippen LogP contribution in [0.25, 0.3) is 0 Å². The van der Waals surface area contributed by atoms with Gasteiger partial charge in [-0.25, -0.2) is 0 Å². The molecule has 4 nitrogen and oxygen atoms in total. The van der Waals surface area contributed by atoms with E-state index >= 15 is 0 Å². The molecule has 2 atom stereocenters. The van der Waals surface area contributed by atoms with Crippen LogP contribution in [0.15, 0.2) is 0 Å². The summed E-state index contributed by atoms with van der Waals surface area (Å²) in [5, 5.41) is 0. The molecule has 98 valence electrons. The molecule has 0 aromatic rings. The summed E-state index contributed by atoms with van der Waals surface area (Å²) in [4.78, 5) is 25.2. The Labute approximate surface area is 104 Å². The van der Waals surface area contributed by atoms with Crippen molar-refractivity contribution in [3.63, 3.8) is 0 Å². The molecule has 1 aliphatic rings. The minimum atomic E-state index is -0.203. The zero-order valence-corrected chi connectivity index (χ0v) is 11.3. The van der Waals surface area contributed by atoms with E-state index in [4.69, 9.17) is 5.73 Å². The van der Waals surface area contributed by atoms with Gasteiger partial charge in [0.25, 0.3) is 0 Å². The van der Waals surface area contributed by atoms with Gasteiger partial charge < -0.3 is 5.73 Å². The lowest BCUT2D eigenvalue weighted by Crippen LogP contribution is -2.51. The van der Waals surface area contributed by atoms with Crippen LogP contribution in [-0.4, -0.2) is 29.3 Å². The third kappa shape index (κ3) is 3.53. The standard InChI is InChI=1S/C13H24N2O2/c1-5-9(2)10(14)8-15-11(16)6-13(3,4)7-12(15)17/h9-10H,5-8,14H2,1-4H3. The van der Waals surface area contributed by atoms with Gasteiger partial charge in [-0.1, -0.05) is 34.1 Å². The fourth-order valence-electron chi connectivity index (χ4n) is 2.11. The summed E-state index contributed by atoms with van der Waals surface area (Å²) in [5.74, 6) is 0.167. The van der Waals surface area contributed by atoms with Crippen molar-refractivity contribution in [3.8, 4) is 0 Å². The summed E-state index contributed by atoms with van der Waals surface area (Å²) in [5.41, 5.74) is 5.80. The van der Waals surface area contributed by atoms with Crippen molar-refractivity contribution in [1.29, 1.82) is 0 Å². The molecule has 0 aromatic carbocycles. The number of hydrogen-bond acceptors (Lipinski definition) is 3. The van der Waals surface area contributed by atoms with E-state index in [0.717, 1.165) is 6.42 Å². The van der Waals surface area contributed by atoms with E-state index in [0.29, 0.717) is 25.3 Å². The summed E-state index contributed by atoms with van der Waals surface area (Å²) in [6, 6.07) is -0.117. The van der Waals surface area contributed by atoms with Gasteiger partial charge >= 0.3 is 0 Å². The van der Waals surface area contributed by atoms with Crippen LogP contribution in [0, 0.1) is 11.3 Å².